The second-order valence-corrected chi connectivity index (χ2v) is 6.87. The van der Waals surface area contributed by atoms with Crippen LogP contribution < -0.4 is 11.1 Å². The minimum Gasteiger partial charge on any atom is -0.378 e. The molecule has 2 saturated carbocycles. The number of primary amides is 1. The van der Waals surface area contributed by atoms with Gasteiger partial charge in [-0.2, -0.15) is 0 Å². The van der Waals surface area contributed by atoms with Crippen molar-refractivity contribution in [1.29, 1.82) is 0 Å². The molecule has 0 bridgehead atoms. The monoisotopic (exact) mass is 296 g/mol. The first-order chi connectivity index (χ1) is 10.2. The Kier molecular flexibility index (Phi) is 6.49. The van der Waals surface area contributed by atoms with Crippen molar-refractivity contribution in [3.05, 3.63) is 0 Å². The lowest BCUT2D eigenvalue weighted by molar-refractivity contribution is -0.128. The van der Waals surface area contributed by atoms with Gasteiger partial charge in [-0.05, 0) is 38.5 Å². The van der Waals surface area contributed by atoms with Gasteiger partial charge in [0.05, 0.1) is 6.10 Å². The molecule has 4 nitrogen and oxygen atoms in total. The number of rotatable bonds is 10. The third-order valence-electron chi connectivity index (χ3n) is 4.84. The van der Waals surface area contributed by atoms with Gasteiger partial charge in [0.2, 0.25) is 5.91 Å². The summed E-state index contributed by atoms with van der Waals surface area (Å²) >= 11 is 0. The van der Waals surface area contributed by atoms with E-state index in [1.165, 1.54) is 38.5 Å². The van der Waals surface area contributed by atoms with Crippen LogP contribution in [0, 0.1) is 0 Å². The van der Waals surface area contributed by atoms with Crippen LogP contribution in [0.5, 0.6) is 0 Å². The Labute approximate surface area is 129 Å². The molecule has 2 fully saturated rings. The Bertz CT molecular complexity index is 331. The summed E-state index contributed by atoms with van der Waals surface area (Å²) in [5, 5.41) is 3.50. The zero-order valence-electron chi connectivity index (χ0n) is 13.5. The summed E-state index contributed by atoms with van der Waals surface area (Å²) in [6, 6.07) is 0.505. The van der Waals surface area contributed by atoms with E-state index in [0.29, 0.717) is 6.04 Å². The fourth-order valence-electron chi connectivity index (χ4n) is 3.37. The molecule has 0 aliphatic heterocycles. The normalized spacial score (nSPS) is 29.5. The second kappa shape index (κ2) is 8.14. The lowest BCUT2D eigenvalue weighted by Crippen LogP contribution is -2.59. The third-order valence-corrected chi connectivity index (χ3v) is 4.84. The Morgan fingerprint density at radius 1 is 1.24 bits per heavy atom. The smallest absolute Gasteiger partial charge is 0.237 e. The van der Waals surface area contributed by atoms with E-state index in [4.69, 9.17) is 10.5 Å². The number of carbonyl (C=O) groups is 1. The molecule has 0 spiro atoms. The van der Waals surface area contributed by atoms with Gasteiger partial charge in [-0.15, -0.1) is 0 Å². The fourth-order valence-corrected chi connectivity index (χ4v) is 3.37. The molecule has 2 unspecified atom stereocenters. The van der Waals surface area contributed by atoms with Crippen LogP contribution in [0.4, 0.5) is 0 Å². The van der Waals surface area contributed by atoms with Gasteiger partial charge in [0.1, 0.15) is 5.54 Å². The highest BCUT2D eigenvalue weighted by molar-refractivity contribution is 5.85. The highest BCUT2D eigenvalue weighted by Gasteiger charge is 2.44. The Morgan fingerprint density at radius 2 is 2.00 bits per heavy atom. The average molecular weight is 296 g/mol. The number of amides is 1. The highest BCUT2D eigenvalue weighted by atomic mass is 16.5. The molecule has 2 atom stereocenters. The van der Waals surface area contributed by atoms with Crippen molar-refractivity contribution < 1.29 is 9.53 Å². The second-order valence-electron chi connectivity index (χ2n) is 6.87. The number of ether oxygens (including phenoxy) is 1. The van der Waals surface area contributed by atoms with Crippen LogP contribution in [-0.2, 0) is 9.53 Å². The van der Waals surface area contributed by atoms with E-state index in [-0.39, 0.29) is 12.0 Å². The summed E-state index contributed by atoms with van der Waals surface area (Å²) in [6.45, 7) is 3.06. The van der Waals surface area contributed by atoms with Gasteiger partial charge in [0.15, 0.2) is 0 Å². The van der Waals surface area contributed by atoms with Crippen molar-refractivity contribution in [2.75, 3.05) is 6.61 Å². The van der Waals surface area contributed by atoms with E-state index in [1.807, 2.05) is 0 Å². The molecule has 3 N–H and O–H groups in total. The topological polar surface area (TPSA) is 64.3 Å². The van der Waals surface area contributed by atoms with Crippen LogP contribution in [0.1, 0.15) is 77.6 Å². The zero-order valence-corrected chi connectivity index (χ0v) is 13.5. The molecule has 2 rings (SSSR count). The molecule has 0 saturated heterocycles. The molecule has 0 aromatic heterocycles. The van der Waals surface area contributed by atoms with Crippen molar-refractivity contribution in [3.8, 4) is 0 Å². The van der Waals surface area contributed by atoms with Crippen LogP contribution in [0.3, 0.4) is 0 Å². The standard InChI is InChI=1S/C17H32N2O2/c1-2-3-4-5-6-12-21-15-8-7-11-17(13-15,16(18)20)19-14-9-10-14/h14-15,19H,2-13H2,1H3,(H2,18,20). The molecule has 2 aliphatic rings. The van der Waals surface area contributed by atoms with Crippen molar-refractivity contribution in [1.82, 2.24) is 5.32 Å². The molecule has 2 aliphatic carbocycles. The molecular weight excluding hydrogens is 264 g/mol. The van der Waals surface area contributed by atoms with Gasteiger partial charge >= 0.3 is 0 Å². The number of hydrogen-bond acceptors (Lipinski definition) is 3. The van der Waals surface area contributed by atoms with Gasteiger partial charge in [0.25, 0.3) is 0 Å². The molecule has 1 amide bonds. The highest BCUT2D eigenvalue weighted by Crippen LogP contribution is 2.34. The summed E-state index contributed by atoms with van der Waals surface area (Å²) < 4.78 is 6.02. The van der Waals surface area contributed by atoms with Gasteiger partial charge in [-0.25, -0.2) is 0 Å². The van der Waals surface area contributed by atoms with E-state index in [1.54, 1.807) is 0 Å². The molecule has 0 radical (unpaired) electrons. The van der Waals surface area contributed by atoms with Crippen LogP contribution in [-0.4, -0.2) is 30.2 Å². The van der Waals surface area contributed by atoms with Crippen LogP contribution in [0.15, 0.2) is 0 Å². The average Bonchev–Trinajstić information content (AvgIpc) is 3.27. The van der Waals surface area contributed by atoms with Crippen molar-refractivity contribution in [3.63, 3.8) is 0 Å². The predicted octanol–water partition coefficient (Wildman–Crippen LogP) is 2.89. The lowest BCUT2D eigenvalue weighted by Gasteiger charge is -2.39. The summed E-state index contributed by atoms with van der Waals surface area (Å²) in [6.07, 6.45) is 12.6. The number of carbonyl (C=O) groups excluding carboxylic acids is 1. The summed E-state index contributed by atoms with van der Waals surface area (Å²) in [5.41, 5.74) is 5.19. The summed E-state index contributed by atoms with van der Waals surface area (Å²) in [5.74, 6) is -0.189. The van der Waals surface area contributed by atoms with Crippen LogP contribution >= 0.6 is 0 Å². The lowest BCUT2D eigenvalue weighted by atomic mass is 9.79. The molecule has 21 heavy (non-hydrogen) atoms. The molecule has 4 heteroatoms. The van der Waals surface area contributed by atoms with Gasteiger partial charge in [0, 0.05) is 19.1 Å². The molecule has 0 aromatic rings. The Hall–Kier alpha value is -0.610. The minimum atomic E-state index is -0.508. The van der Waals surface area contributed by atoms with Crippen molar-refractivity contribution in [2.45, 2.75) is 95.2 Å². The van der Waals surface area contributed by atoms with E-state index in [2.05, 4.69) is 12.2 Å². The predicted molar refractivity (Wildman–Crippen MR) is 85.1 cm³/mol. The summed E-state index contributed by atoms with van der Waals surface area (Å²) in [4.78, 5) is 11.9. The van der Waals surface area contributed by atoms with Gasteiger partial charge < -0.3 is 15.8 Å². The number of nitrogens with one attached hydrogen (secondary N) is 1. The van der Waals surface area contributed by atoms with Gasteiger partial charge in [-0.1, -0.05) is 32.6 Å². The molecule has 122 valence electrons. The van der Waals surface area contributed by atoms with Crippen molar-refractivity contribution in [2.24, 2.45) is 5.73 Å². The summed E-state index contributed by atoms with van der Waals surface area (Å²) in [7, 11) is 0. The van der Waals surface area contributed by atoms with E-state index < -0.39 is 5.54 Å². The fraction of sp³-hybridized carbons (Fsp3) is 0.941. The number of hydrogen-bond donors (Lipinski definition) is 2. The van der Waals surface area contributed by atoms with Gasteiger partial charge in [-0.3, -0.25) is 4.79 Å². The maximum Gasteiger partial charge on any atom is 0.237 e. The maximum atomic E-state index is 11.9. The number of nitrogens with two attached hydrogens (primary N) is 1. The third kappa shape index (κ3) is 5.26. The van der Waals surface area contributed by atoms with Crippen molar-refractivity contribution >= 4 is 5.91 Å². The van der Waals surface area contributed by atoms with Crippen LogP contribution in [0.2, 0.25) is 0 Å². The SMILES string of the molecule is CCCCCCCOC1CCCC(NC2CC2)(C(N)=O)C1. The first-order valence-corrected chi connectivity index (χ1v) is 8.85. The van der Waals surface area contributed by atoms with E-state index >= 15 is 0 Å². The molecule has 0 aromatic carbocycles. The molecule has 0 heterocycles. The van der Waals surface area contributed by atoms with E-state index in [9.17, 15) is 4.79 Å². The Balaban J connectivity index is 1.72. The van der Waals surface area contributed by atoms with Crippen LogP contribution in [0.25, 0.3) is 0 Å². The number of unbranched alkanes of at least 4 members (excludes halogenated alkanes) is 4. The maximum absolute atomic E-state index is 11.9. The minimum absolute atomic E-state index is 0.189. The molecular formula is C17H32N2O2. The first kappa shape index (κ1) is 16.8. The largest absolute Gasteiger partial charge is 0.378 e. The van der Waals surface area contributed by atoms with E-state index in [0.717, 1.165) is 38.7 Å². The first-order valence-electron chi connectivity index (χ1n) is 8.85. The Morgan fingerprint density at radius 3 is 2.67 bits per heavy atom. The quantitative estimate of drug-likeness (QED) is 0.609. The zero-order chi connectivity index (χ0) is 15.1.